The number of hydrogen-bond donors (Lipinski definition) is 0. The molecule has 2 rings (SSSR count). The summed E-state index contributed by atoms with van der Waals surface area (Å²) in [6, 6.07) is 0. The Hall–Kier alpha value is 0.150. The molecule has 0 aromatic heterocycles. The summed E-state index contributed by atoms with van der Waals surface area (Å²) in [5.74, 6) is 2.95. The van der Waals surface area contributed by atoms with Crippen LogP contribution >= 0.6 is 0 Å². The Labute approximate surface area is 92.1 Å². The molecule has 14 heavy (non-hydrogen) atoms. The van der Waals surface area contributed by atoms with E-state index in [1.54, 1.807) is 0 Å². The molecule has 86 valence electrons. The topological polar surface area (TPSA) is 17.1 Å². The molecule has 0 bridgehead atoms. The van der Waals surface area contributed by atoms with Gasteiger partial charge in [0.1, 0.15) is 0 Å². The molecule has 2 fully saturated rings. The maximum atomic E-state index is 11.0. The van der Waals surface area contributed by atoms with Crippen molar-refractivity contribution >= 4 is 10.8 Å². The highest BCUT2D eigenvalue weighted by atomic mass is 32.2. The van der Waals surface area contributed by atoms with E-state index in [1.807, 2.05) is 13.8 Å². The highest BCUT2D eigenvalue weighted by molar-refractivity contribution is 7.86. The van der Waals surface area contributed by atoms with Crippen molar-refractivity contribution in [1.29, 1.82) is 0 Å². The lowest BCUT2D eigenvalue weighted by Crippen LogP contribution is -2.46. The van der Waals surface area contributed by atoms with E-state index in [0.717, 1.165) is 17.4 Å². The van der Waals surface area contributed by atoms with Gasteiger partial charge in [-0.1, -0.05) is 41.0 Å². The van der Waals surface area contributed by atoms with Gasteiger partial charge in [0.15, 0.2) is 0 Å². The zero-order valence-corrected chi connectivity index (χ0v) is 9.95. The Morgan fingerprint density at radius 1 is 1.14 bits per heavy atom. The van der Waals surface area contributed by atoms with Crippen molar-refractivity contribution in [2.75, 3.05) is 11.5 Å². The van der Waals surface area contributed by atoms with Gasteiger partial charge in [-0.25, -0.2) is 0 Å². The molecule has 1 aliphatic heterocycles. The lowest BCUT2D eigenvalue weighted by atomic mass is 9.73. The van der Waals surface area contributed by atoms with E-state index in [-0.39, 0.29) is 7.43 Å². The van der Waals surface area contributed by atoms with E-state index in [0.29, 0.717) is 5.41 Å². The predicted molar refractivity (Wildman–Crippen MR) is 66.0 cm³/mol. The second kappa shape index (κ2) is 5.89. The summed E-state index contributed by atoms with van der Waals surface area (Å²) in [6.07, 6.45) is 5.44. The van der Waals surface area contributed by atoms with Crippen LogP contribution in [-0.4, -0.2) is 15.7 Å². The minimum absolute atomic E-state index is 0. The number of rotatable bonds is 0. The lowest BCUT2D eigenvalue weighted by Gasteiger charge is -2.45. The van der Waals surface area contributed by atoms with Gasteiger partial charge in [-0.3, -0.25) is 4.21 Å². The van der Waals surface area contributed by atoms with Gasteiger partial charge in [0.2, 0.25) is 0 Å². The molecule has 0 aromatic carbocycles. The Bertz CT molecular complexity index is 171. The summed E-state index contributed by atoms with van der Waals surface area (Å²) < 4.78 is 11.0. The molecule has 0 unspecified atom stereocenters. The summed E-state index contributed by atoms with van der Waals surface area (Å²) in [7, 11) is -0.440. The van der Waals surface area contributed by atoms with E-state index >= 15 is 0 Å². The van der Waals surface area contributed by atoms with Crippen molar-refractivity contribution in [2.24, 2.45) is 11.3 Å². The molecule has 1 saturated heterocycles. The lowest BCUT2D eigenvalue weighted by molar-refractivity contribution is 0.193. The Kier molecular flexibility index (Phi) is 5.96. The Morgan fingerprint density at radius 3 is 1.93 bits per heavy atom. The molecule has 2 aliphatic rings. The van der Waals surface area contributed by atoms with Crippen molar-refractivity contribution in [3.63, 3.8) is 0 Å². The molecule has 1 heterocycles. The second-order valence-electron chi connectivity index (χ2n) is 4.41. The van der Waals surface area contributed by atoms with E-state index in [9.17, 15) is 4.21 Å². The fraction of sp³-hybridized carbons (Fsp3) is 1.00. The van der Waals surface area contributed by atoms with Crippen LogP contribution in [0.4, 0.5) is 0 Å². The minimum atomic E-state index is -0.440. The highest BCUT2D eigenvalue weighted by Crippen LogP contribution is 2.45. The van der Waals surface area contributed by atoms with Crippen LogP contribution in [0.2, 0.25) is 0 Å². The van der Waals surface area contributed by atoms with Crippen LogP contribution in [0.1, 0.15) is 53.9 Å². The van der Waals surface area contributed by atoms with Crippen LogP contribution in [0.3, 0.4) is 0 Å². The molecule has 1 aliphatic carbocycles. The standard InChI is InChI=1S/C9H16OS.C2H6.CH4/c1-8-2-4-9(5-3-8)6-11(10)7-9;1-2;/h8H,2-7H2,1H3;1-2H3;1H4. The third-order valence-electron chi connectivity index (χ3n) is 3.27. The van der Waals surface area contributed by atoms with E-state index < -0.39 is 10.8 Å². The summed E-state index contributed by atoms with van der Waals surface area (Å²) in [6.45, 7) is 6.34. The van der Waals surface area contributed by atoms with Crippen LogP contribution in [0, 0.1) is 11.3 Å². The third kappa shape index (κ3) is 3.08. The summed E-state index contributed by atoms with van der Waals surface area (Å²) >= 11 is 0. The first-order valence-electron chi connectivity index (χ1n) is 5.55. The van der Waals surface area contributed by atoms with Crippen molar-refractivity contribution in [3.05, 3.63) is 0 Å². The monoisotopic (exact) mass is 218 g/mol. The van der Waals surface area contributed by atoms with Crippen LogP contribution in [0.25, 0.3) is 0 Å². The van der Waals surface area contributed by atoms with Crippen LogP contribution < -0.4 is 0 Å². The maximum absolute atomic E-state index is 11.0. The van der Waals surface area contributed by atoms with Crippen molar-refractivity contribution < 1.29 is 4.21 Å². The Balaban J connectivity index is 0.000000531. The van der Waals surface area contributed by atoms with Gasteiger partial charge in [-0.2, -0.15) is 0 Å². The maximum Gasteiger partial charge on any atom is 0.0300 e. The van der Waals surface area contributed by atoms with E-state index in [2.05, 4.69) is 6.92 Å². The first-order chi connectivity index (χ1) is 6.20. The molecule has 0 N–H and O–H groups in total. The molecule has 0 radical (unpaired) electrons. The van der Waals surface area contributed by atoms with Gasteiger partial charge in [0.05, 0.1) is 0 Å². The smallest absolute Gasteiger partial charge is 0.0300 e. The van der Waals surface area contributed by atoms with Crippen molar-refractivity contribution in [2.45, 2.75) is 53.9 Å². The second-order valence-corrected chi connectivity index (χ2v) is 5.87. The van der Waals surface area contributed by atoms with E-state index in [1.165, 1.54) is 25.7 Å². The quantitative estimate of drug-likeness (QED) is 0.607. The van der Waals surface area contributed by atoms with Crippen molar-refractivity contribution in [3.8, 4) is 0 Å². The summed E-state index contributed by atoms with van der Waals surface area (Å²) in [4.78, 5) is 0. The van der Waals surface area contributed by atoms with E-state index in [4.69, 9.17) is 0 Å². The SMILES string of the molecule is C.CC.CC1CCC2(CC1)CS(=O)C2. The molecule has 1 nitrogen and oxygen atoms in total. The van der Waals surface area contributed by atoms with Crippen LogP contribution in [0.15, 0.2) is 0 Å². The van der Waals surface area contributed by atoms with Gasteiger partial charge in [-0.15, -0.1) is 0 Å². The molecular weight excluding hydrogens is 192 g/mol. The molecular formula is C12H26OS. The molecule has 1 spiro atoms. The van der Waals surface area contributed by atoms with Crippen LogP contribution in [-0.2, 0) is 10.8 Å². The Morgan fingerprint density at radius 2 is 1.57 bits per heavy atom. The zero-order valence-electron chi connectivity index (χ0n) is 9.14. The zero-order chi connectivity index (χ0) is 9.90. The van der Waals surface area contributed by atoms with Gasteiger partial charge >= 0.3 is 0 Å². The van der Waals surface area contributed by atoms with Gasteiger partial charge in [-0.05, 0) is 24.2 Å². The number of hydrogen-bond acceptors (Lipinski definition) is 1. The average Bonchev–Trinajstić information content (AvgIpc) is 2.11. The van der Waals surface area contributed by atoms with Crippen LogP contribution in [0.5, 0.6) is 0 Å². The predicted octanol–water partition coefficient (Wildman–Crippen LogP) is 3.61. The fourth-order valence-corrected chi connectivity index (χ4v) is 4.16. The average molecular weight is 218 g/mol. The molecule has 0 amide bonds. The van der Waals surface area contributed by atoms with Gasteiger partial charge < -0.3 is 0 Å². The molecule has 0 atom stereocenters. The van der Waals surface area contributed by atoms with Gasteiger partial charge in [0.25, 0.3) is 0 Å². The molecule has 2 heteroatoms. The molecule has 1 saturated carbocycles. The normalized spacial score (nSPS) is 40.2. The van der Waals surface area contributed by atoms with Crippen molar-refractivity contribution in [1.82, 2.24) is 0 Å². The highest BCUT2D eigenvalue weighted by Gasteiger charge is 2.43. The summed E-state index contributed by atoms with van der Waals surface area (Å²) in [5, 5.41) is 0. The fourth-order valence-electron chi connectivity index (χ4n) is 2.30. The molecule has 0 aromatic rings. The first kappa shape index (κ1) is 14.2. The minimum Gasteiger partial charge on any atom is -0.260 e. The summed E-state index contributed by atoms with van der Waals surface area (Å²) in [5.41, 5.74) is 0.553. The largest absolute Gasteiger partial charge is 0.260 e. The third-order valence-corrected chi connectivity index (χ3v) is 5.14. The van der Waals surface area contributed by atoms with Gasteiger partial charge in [0, 0.05) is 22.3 Å². The first-order valence-corrected chi connectivity index (χ1v) is 7.04.